The number of rotatable bonds is 3. The first-order valence-electron chi connectivity index (χ1n) is 4.95. The Hall–Kier alpha value is -1.28. The lowest BCUT2D eigenvalue weighted by atomic mass is 10.1. The van der Waals surface area contributed by atoms with Crippen molar-refractivity contribution in [1.29, 1.82) is 0 Å². The molecule has 1 aromatic rings. The Bertz CT molecular complexity index is 412. The highest BCUT2D eigenvalue weighted by Crippen LogP contribution is 2.18. The summed E-state index contributed by atoms with van der Waals surface area (Å²) in [6, 6.07) is 5.93. The maximum atomic E-state index is 11.4. The van der Waals surface area contributed by atoms with Gasteiger partial charge in [0, 0.05) is 18.0 Å². The normalized spacial score (nSPS) is 14.3. The van der Waals surface area contributed by atoms with Crippen molar-refractivity contribution < 1.29 is 4.79 Å². The monoisotopic (exact) mass is 221 g/mol. The van der Waals surface area contributed by atoms with E-state index < -0.39 is 0 Å². The van der Waals surface area contributed by atoms with Gasteiger partial charge in [0.05, 0.1) is 0 Å². The summed E-state index contributed by atoms with van der Waals surface area (Å²) in [7, 11) is 0. The summed E-state index contributed by atoms with van der Waals surface area (Å²) < 4.78 is 0. The van der Waals surface area contributed by atoms with Gasteiger partial charge in [0.15, 0.2) is 0 Å². The van der Waals surface area contributed by atoms with Gasteiger partial charge >= 0.3 is 0 Å². The quantitative estimate of drug-likeness (QED) is 0.781. The molecule has 0 saturated carbocycles. The fourth-order valence-corrected chi connectivity index (χ4v) is 1.74. The van der Waals surface area contributed by atoms with Crippen molar-refractivity contribution in [3.05, 3.63) is 41.0 Å². The van der Waals surface area contributed by atoms with E-state index in [0.29, 0.717) is 12.4 Å². The number of hydrogen-bond acceptors (Lipinski definition) is 1. The molecular formula is C12H12ClNO. The molecule has 0 saturated heterocycles. The number of carbonyl (C=O) groups excluding carboxylic acids is 1. The van der Waals surface area contributed by atoms with Crippen LogP contribution in [0.15, 0.2) is 24.3 Å². The first kappa shape index (κ1) is 10.2. The third kappa shape index (κ3) is 2.21. The third-order valence-electron chi connectivity index (χ3n) is 2.40. The number of benzene rings is 1. The highest BCUT2D eigenvalue weighted by Gasteiger charge is 2.17. The molecule has 3 heteroatoms. The molecule has 0 spiro atoms. The molecule has 1 amide bonds. The van der Waals surface area contributed by atoms with E-state index in [0.717, 1.165) is 23.1 Å². The van der Waals surface area contributed by atoms with E-state index in [2.05, 4.69) is 5.32 Å². The third-order valence-corrected chi connectivity index (χ3v) is 2.62. The van der Waals surface area contributed by atoms with Gasteiger partial charge in [0.25, 0.3) is 5.91 Å². The maximum Gasteiger partial charge on any atom is 0.251 e. The van der Waals surface area contributed by atoms with Crippen molar-refractivity contribution in [3.8, 4) is 0 Å². The Morgan fingerprint density at radius 3 is 3.13 bits per heavy atom. The molecule has 0 bridgehead atoms. The predicted octanol–water partition coefficient (Wildman–Crippen LogP) is 2.57. The molecule has 2 rings (SSSR count). The Kier molecular flexibility index (Phi) is 3.07. The number of nitrogens with one attached hydrogen (secondary N) is 1. The lowest BCUT2D eigenvalue weighted by Gasteiger charge is -1.97. The van der Waals surface area contributed by atoms with E-state index in [4.69, 9.17) is 11.6 Å². The van der Waals surface area contributed by atoms with Crippen LogP contribution in [0.2, 0.25) is 0 Å². The van der Waals surface area contributed by atoms with Gasteiger partial charge in [-0.15, -0.1) is 11.6 Å². The minimum Gasteiger partial charge on any atom is -0.348 e. The summed E-state index contributed by atoms with van der Waals surface area (Å²) >= 11 is 5.57. The summed E-state index contributed by atoms with van der Waals surface area (Å²) in [6.07, 6.45) is 4.86. The zero-order chi connectivity index (χ0) is 10.7. The van der Waals surface area contributed by atoms with Gasteiger partial charge in [-0.05, 0) is 23.6 Å². The van der Waals surface area contributed by atoms with Gasteiger partial charge in [0.2, 0.25) is 0 Å². The fraction of sp³-hybridized carbons (Fsp3) is 0.250. The van der Waals surface area contributed by atoms with Crippen molar-refractivity contribution in [3.63, 3.8) is 0 Å². The molecule has 0 unspecified atom stereocenters. The first-order valence-corrected chi connectivity index (χ1v) is 5.48. The number of allylic oxidation sites excluding steroid dienone is 1. The second kappa shape index (κ2) is 4.49. The van der Waals surface area contributed by atoms with Crippen molar-refractivity contribution in [2.45, 2.75) is 13.0 Å². The predicted molar refractivity (Wildman–Crippen MR) is 62.0 cm³/mol. The smallest absolute Gasteiger partial charge is 0.251 e. The number of carbonyl (C=O) groups is 1. The van der Waals surface area contributed by atoms with E-state index in [1.807, 2.05) is 30.4 Å². The van der Waals surface area contributed by atoms with Crippen LogP contribution in [0.3, 0.4) is 0 Å². The lowest BCUT2D eigenvalue weighted by molar-refractivity contribution is 0.0966. The molecule has 0 atom stereocenters. The van der Waals surface area contributed by atoms with Crippen LogP contribution in [0.4, 0.5) is 0 Å². The second-order valence-electron chi connectivity index (χ2n) is 3.48. The molecule has 2 nitrogen and oxygen atoms in total. The molecule has 78 valence electrons. The van der Waals surface area contributed by atoms with Crippen LogP contribution in [0.1, 0.15) is 27.9 Å². The van der Waals surface area contributed by atoms with Crippen molar-refractivity contribution in [2.75, 3.05) is 5.88 Å². The Morgan fingerprint density at radius 2 is 2.33 bits per heavy atom. The van der Waals surface area contributed by atoms with Gasteiger partial charge in [0.1, 0.15) is 0 Å². The molecule has 0 aromatic heterocycles. The molecular weight excluding hydrogens is 210 g/mol. The van der Waals surface area contributed by atoms with Crippen molar-refractivity contribution >= 4 is 23.6 Å². The zero-order valence-electron chi connectivity index (χ0n) is 8.29. The molecule has 1 aliphatic rings. The van der Waals surface area contributed by atoms with Gasteiger partial charge in [-0.3, -0.25) is 4.79 Å². The second-order valence-corrected chi connectivity index (χ2v) is 3.86. The van der Waals surface area contributed by atoms with Gasteiger partial charge < -0.3 is 5.32 Å². The van der Waals surface area contributed by atoms with Crippen LogP contribution in [0.25, 0.3) is 6.08 Å². The largest absolute Gasteiger partial charge is 0.348 e. The molecule has 0 radical (unpaired) electrons. The van der Waals surface area contributed by atoms with E-state index in [1.165, 1.54) is 0 Å². The Balaban J connectivity index is 2.22. The molecule has 1 N–H and O–H groups in total. The van der Waals surface area contributed by atoms with E-state index in [9.17, 15) is 4.79 Å². The topological polar surface area (TPSA) is 29.1 Å². The van der Waals surface area contributed by atoms with Crippen LogP contribution in [-0.4, -0.2) is 11.8 Å². The average Bonchev–Trinajstić information content (AvgIpc) is 2.61. The number of halogens is 1. The molecule has 0 aliphatic carbocycles. The minimum absolute atomic E-state index is 0.0255. The van der Waals surface area contributed by atoms with E-state index in [1.54, 1.807) is 0 Å². The van der Waals surface area contributed by atoms with Gasteiger partial charge in [-0.2, -0.15) is 0 Å². The fourth-order valence-electron chi connectivity index (χ4n) is 1.62. The number of amides is 1. The van der Waals surface area contributed by atoms with Crippen molar-refractivity contribution in [1.82, 2.24) is 5.32 Å². The summed E-state index contributed by atoms with van der Waals surface area (Å²) in [5.74, 6) is 0.652. The summed E-state index contributed by atoms with van der Waals surface area (Å²) in [5.41, 5.74) is 2.92. The average molecular weight is 222 g/mol. The zero-order valence-corrected chi connectivity index (χ0v) is 9.05. The SMILES string of the molecule is O=C1NCc2ccc(C=CCCCl)cc21. The molecule has 1 heterocycles. The molecule has 1 aromatic carbocycles. The molecule has 15 heavy (non-hydrogen) atoms. The van der Waals surface area contributed by atoms with Gasteiger partial charge in [-0.1, -0.05) is 24.3 Å². The molecule has 1 aliphatic heterocycles. The van der Waals surface area contributed by atoms with Crippen LogP contribution in [-0.2, 0) is 6.54 Å². The summed E-state index contributed by atoms with van der Waals surface area (Å²) in [5, 5.41) is 2.80. The molecule has 0 fully saturated rings. The van der Waals surface area contributed by atoms with Crippen molar-refractivity contribution in [2.24, 2.45) is 0 Å². The Labute approximate surface area is 93.9 Å². The van der Waals surface area contributed by atoms with E-state index >= 15 is 0 Å². The van der Waals surface area contributed by atoms with Crippen LogP contribution in [0.5, 0.6) is 0 Å². The minimum atomic E-state index is 0.0255. The van der Waals surface area contributed by atoms with Crippen LogP contribution < -0.4 is 5.32 Å². The van der Waals surface area contributed by atoms with Crippen LogP contribution in [0, 0.1) is 0 Å². The van der Waals surface area contributed by atoms with Crippen LogP contribution >= 0.6 is 11.6 Å². The first-order chi connectivity index (χ1) is 7.31. The lowest BCUT2D eigenvalue weighted by Crippen LogP contribution is -2.12. The number of fused-ring (bicyclic) bond motifs is 1. The van der Waals surface area contributed by atoms with E-state index in [-0.39, 0.29) is 5.91 Å². The number of hydrogen-bond donors (Lipinski definition) is 1. The highest BCUT2D eigenvalue weighted by molar-refractivity contribution is 6.17. The summed E-state index contributed by atoms with van der Waals surface area (Å²) in [6.45, 7) is 0.653. The number of alkyl halides is 1. The van der Waals surface area contributed by atoms with Gasteiger partial charge in [-0.25, -0.2) is 0 Å². The Morgan fingerprint density at radius 1 is 1.47 bits per heavy atom. The maximum absolute atomic E-state index is 11.4. The highest BCUT2D eigenvalue weighted by atomic mass is 35.5. The standard InChI is InChI=1S/C12H12ClNO/c13-6-2-1-3-9-4-5-10-8-14-12(15)11(10)7-9/h1,3-5,7H,2,6,8H2,(H,14,15). The summed E-state index contributed by atoms with van der Waals surface area (Å²) in [4.78, 5) is 11.4.